The highest BCUT2D eigenvalue weighted by molar-refractivity contribution is 5.78. The van der Waals surface area contributed by atoms with E-state index in [2.05, 4.69) is 10.3 Å². The molecule has 22 heavy (non-hydrogen) atoms. The normalized spacial score (nSPS) is 18.0. The summed E-state index contributed by atoms with van der Waals surface area (Å²) in [6.07, 6.45) is 0.0568. The maximum absolute atomic E-state index is 13.1. The number of halogens is 2. The Morgan fingerprint density at radius 3 is 2.64 bits per heavy atom. The molecule has 1 aromatic rings. The molecule has 0 saturated heterocycles. The number of aromatic nitrogens is 1. The van der Waals surface area contributed by atoms with Crippen LogP contribution in [0.25, 0.3) is 0 Å². The van der Waals surface area contributed by atoms with Gasteiger partial charge in [-0.3, -0.25) is 4.79 Å². The fraction of sp³-hybridized carbons (Fsp3) is 0.625. The molecule has 0 unspecified atom stereocenters. The lowest BCUT2D eigenvalue weighted by atomic mass is 9.86. The molecular weight excluding hydrogens is 290 g/mol. The van der Waals surface area contributed by atoms with E-state index in [1.54, 1.807) is 0 Å². The molecular formula is C16H22F2N2O2. The molecule has 0 radical (unpaired) electrons. The highest BCUT2D eigenvalue weighted by Gasteiger charge is 2.37. The van der Waals surface area contributed by atoms with Crippen LogP contribution in [0.15, 0.2) is 6.07 Å². The molecule has 1 saturated carbocycles. The van der Waals surface area contributed by atoms with Crippen LogP contribution >= 0.6 is 0 Å². The molecule has 1 aliphatic rings. The van der Waals surface area contributed by atoms with Gasteiger partial charge in [0.05, 0.1) is 7.11 Å². The van der Waals surface area contributed by atoms with E-state index in [9.17, 15) is 13.6 Å². The molecule has 1 aliphatic carbocycles. The van der Waals surface area contributed by atoms with E-state index < -0.39 is 5.92 Å². The maximum Gasteiger partial charge on any atom is 0.248 e. The van der Waals surface area contributed by atoms with Crippen molar-refractivity contribution in [2.45, 2.75) is 52.0 Å². The van der Waals surface area contributed by atoms with Gasteiger partial charge >= 0.3 is 0 Å². The van der Waals surface area contributed by atoms with Crippen LogP contribution in [0.3, 0.4) is 0 Å². The molecule has 122 valence electrons. The van der Waals surface area contributed by atoms with Crippen LogP contribution in [0.5, 0.6) is 5.88 Å². The quantitative estimate of drug-likeness (QED) is 0.929. The van der Waals surface area contributed by atoms with E-state index in [0.717, 1.165) is 16.8 Å². The Balaban J connectivity index is 1.97. The zero-order valence-corrected chi connectivity index (χ0v) is 13.2. The Morgan fingerprint density at radius 1 is 1.41 bits per heavy atom. The smallest absolute Gasteiger partial charge is 0.248 e. The molecule has 1 heterocycles. The third kappa shape index (κ3) is 3.93. The number of pyridine rings is 1. The second kappa shape index (κ2) is 6.58. The topological polar surface area (TPSA) is 51.2 Å². The van der Waals surface area contributed by atoms with Gasteiger partial charge in [-0.2, -0.15) is 0 Å². The number of carbonyl (C=O) groups excluding carboxylic acids is 1. The summed E-state index contributed by atoms with van der Waals surface area (Å²) in [5.41, 5.74) is 2.65. The first-order valence-corrected chi connectivity index (χ1v) is 7.49. The zero-order valence-electron chi connectivity index (χ0n) is 13.2. The van der Waals surface area contributed by atoms with Crippen molar-refractivity contribution in [1.82, 2.24) is 10.3 Å². The van der Waals surface area contributed by atoms with Gasteiger partial charge in [-0.25, -0.2) is 13.8 Å². The van der Waals surface area contributed by atoms with Gasteiger partial charge in [0, 0.05) is 36.6 Å². The van der Waals surface area contributed by atoms with Gasteiger partial charge in [0.15, 0.2) is 0 Å². The first-order chi connectivity index (χ1) is 10.3. The van der Waals surface area contributed by atoms with Crippen molar-refractivity contribution in [1.29, 1.82) is 0 Å². The van der Waals surface area contributed by atoms with Crippen LogP contribution in [0, 0.1) is 19.8 Å². The van der Waals surface area contributed by atoms with Crippen LogP contribution in [0.4, 0.5) is 8.78 Å². The number of ether oxygens (including phenoxy) is 1. The van der Waals surface area contributed by atoms with Gasteiger partial charge in [0.25, 0.3) is 0 Å². The van der Waals surface area contributed by atoms with E-state index in [-0.39, 0.29) is 37.5 Å². The summed E-state index contributed by atoms with van der Waals surface area (Å²) < 4.78 is 31.5. The summed E-state index contributed by atoms with van der Waals surface area (Å²) in [5, 5.41) is 2.83. The predicted octanol–water partition coefficient (Wildman–Crippen LogP) is 3.15. The molecule has 1 fully saturated rings. The highest BCUT2D eigenvalue weighted by atomic mass is 19.3. The maximum atomic E-state index is 13.1. The summed E-state index contributed by atoms with van der Waals surface area (Å²) in [4.78, 5) is 16.4. The molecule has 0 bridgehead atoms. The van der Waals surface area contributed by atoms with E-state index in [4.69, 9.17) is 4.74 Å². The molecule has 2 rings (SSSR count). The van der Waals surface area contributed by atoms with E-state index in [1.807, 2.05) is 19.9 Å². The molecule has 0 spiro atoms. The van der Waals surface area contributed by atoms with Gasteiger partial charge < -0.3 is 10.1 Å². The zero-order chi connectivity index (χ0) is 16.3. The average Bonchev–Trinajstić information content (AvgIpc) is 2.45. The number of alkyl halides is 2. The Hall–Kier alpha value is -1.72. The van der Waals surface area contributed by atoms with Crippen LogP contribution in [0.2, 0.25) is 0 Å². The van der Waals surface area contributed by atoms with Crippen LogP contribution in [0.1, 0.15) is 42.5 Å². The number of amides is 1. The SMILES string of the molecule is COc1nc(C)cc(C)c1CNC(=O)C1CCC(F)(F)CC1. The largest absolute Gasteiger partial charge is 0.481 e. The number of carbonyl (C=O) groups is 1. The third-order valence-corrected chi connectivity index (χ3v) is 4.16. The number of hydrogen-bond acceptors (Lipinski definition) is 3. The van der Waals surface area contributed by atoms with Gasteiger partial charge in [-0.15, -0.1) is 0 Å². The van der Waals surface area contributed by atoms with Crippen molar-refractivity contribution in [2.24, 2.45) is 5.92 Å². The molecule has 0 aliphatic heterocycles. The summed E-state index contributed by atoms with van der Waals surface area (Å²) in [6, 6.07) is 1.92. The standard InChI is InChI=1S/C16H22F2N2O2/c1-10-8-11(2)20-15(22-3)13(10)9-19-14(21)12-4-6-16(17,18)7-5-12/h8,12H,4-7,9H2,1-3H3,(H,19,21). The van der Waals surface area contributed by atoms with Gasteiger partial charge in [-0.1, -0.05) is 0 Å². The van der Waals surface area contributed by atoms with Crippen molar-refractivity contribution in [3.05, 3.63) is 22.9 Å². The fourth-order valence-corrected chi connectivity index (χ4v) is 2.84. The minimum atomic E-state index is -2.61. The molecule has 0 atom stereocenters. The Labute approximate surface area is 129 Å². The second-order valence-corrected chi connectivity index (χ2v) is 5.92. The summed E-state index contributed by atoms with van der Waals surface area (Å²) in [7, 11) is 1.54. The molecule has 1 amide bonds. The van der Waals surface area contributed by atoms with Crippen molar-refractivity contribution >= 4 is 5.91 Å². The van der Waals surface area contributed by atoms with Crippen molar-refractivity contribution in [3.63, 3.8) is 0 Å². The monoisotopic (exact) mass is 312 g/mol. The van der Waals surface area contributed by atoms with Crippen molar-refractivity contribution in [3.8, 4) is 5.88 Å². The number of nitrogens with one attached hydrogen (secondary N) is 1. The lowest BCUT2D eigenvalue weighted by Gasteiger charge is -2.27. The molecule has 1 N–H and O–H groups in total. The Bertz CT molecular complexity index is 551. The number of nitrogens with zero attached hydrogens (tertiary/aromatic N) is 1. The van der Waals surface area contributed by atoms with E-state index in [0.29, 0.717) is 12.4 Å². The Kier molecular flexibility index (Phi) is 4.98. The predicted molar refractivity (Wildman–Crippen MR) is 79.0 cm³/mol. The Morgan fingerprint density at radius 2 is 2.05 bits per heavy atom. The molecule has 6 heteroatoms. The average molecular weight is 312 g/mol. The molecule has 0 aromatic carbocycles. The number of aryl methyl sites for hydroxylation is 2. The van der Waals surface area contributed by atoms with E-state index in [1.165, 1.54) is 7.11 Å². The third-order valence-electron chi connectivity index (χ3n) is 4.16. The second-order valence-electron chi connectivity index (χ2n) is 5.92. The molecule has 4 nitrogen and oxygen atoms in total. The van der Waals surface area contributed by atoms with Crippen molar-refractivity contribution in [2.75, 3.05) is 7.11 Å². The lowest BCUT2D eigenvalue weighted by molar-refractivity contribution is -0.129. The number of methoxy groups -OCH3 is 1. The number of rotatable bonds is 4. The molecule has 1 aromatic heterocycles. The minimum Gasteiger partial charge on any atom is -0.481 e. The van der Waals surface area contributed by atoms with Crippen molar-refractivity contribution < 1.29 is 18.3 Å². The number of hydrogen-bond donors (Lipinski definition) is 1. The van der Waals surface area contributed by atoms with Crippen LogP contribution in [-0.4, -0.2) is 23.9 Å². The van der Waals surface area contributed by atoms with Gasteiger partial charge in [-0.05, 0) is 38.3 Å². The fourth-order valence-electron chi connectivity index (χ4n) is 2.84. The van der Waals surface area contributed by atoms with E-state index >= 15 is 0 Å². The van der Waals surface area contributed by atoms with Crippen LogP contribution in [-0.2, 0) is 11.3 Å². The summed E-state index contributed by atoms with van der Waals surface area (Å²) in [6.45, 7) is 4.11. The summed E-state index contributed by atoms with van der Waals surface area (Å²) >= 11 is 0. The first-order valence-electron chi connectivity index (χ1n) is 7.49. The van der Waals surface area contributed by atoms with Gasteiger partial charge in [0.1, 0.15) is 0 Å². The van der Waals surface area contributed by atoms with Gasteiger partial charge in [0.2, 0.25) is 17.7 Å². The first kappa shape index (κ1) is 16.6. The minimum absolute atomic E-state index is 0.169. The lowest BCUT2D eigenvalue weighted by Crippen LogP contribution is -2.35. The highest BCUT2D eigenvalue weighted by Crippen LogP contribution is 2.36. The summed E-state index contributed by atoms with van der Waals surface area (Å²) in [5.74, 6) is -2.62. The van der Waals surface area contributed by atoms with Crippen LogP contribution < -0.4 is 10.1 Å².